The van der Waals surface area contributed by atoms with Crippen LogP contribution >= 0.6 is 0 Å². The Balaban J connectivity index is 2.00. The third kappa shape index (κ3) is 3.48. The fourth-order valence-electron chi connectivity index (χ4n) is 2.47. The molecule has 1 aromatic rings. The summed E-state index contributed by atoms with van der Waals surface area (Å²) in [7, 11) is 1.70. The number of nitriles is 1. The van der Waals surface area contributed by atoms with Crippen LogP contribution in [0.5, 0.6) is 5.75 Å². The van der Waals surface area contributed by atoms with E-state index in [0.29, 0.717) is 6.04 Å². The predicted octanol–water partition coefficient (Wildman–Crippen LogP) is 2.69. The lowest BCUT2D eigenvalue weighted by Crippen LogP contribution is -2.39. The van der Waals surface area contributed by atoms with E-state index >= 15 is 0 Å². The van der Waals surface area contributed by atoms with Gasteiger partial charge in [0, 0.05) is 12.6 Å². The molecule has 0 aromatic heterocycles. The van der Waals surface area contributed by atoms with Crippen LogP contribution in [0.2, 0.25) is 0 Å². The van der Waals surface area contributed by atoms with Crippen LogP contribution in [0, 0.1) is 16.7 Å². The molecule has 102 valence electrons. The van der Waals surface area contributed by atoms with Gasteiger partial charge < -0.3 is 10.1 Å². The molecule has 1 aliphatic rings. The molecule has 3 nitrogen and oxygen atoms in total. The van der Waals surface area contributed by atoms with E-state index in [1.165, 1.54) is 11.1 Å². The van der Waals surface area contributed by atoms with E-state index in [1.54, 1.807) is 7.11 Å². The van der Waals surface area contributed by atoms with Crippen LogP contribution in [0.15, 0.2) is 18.2 Å². The van der Waals surface area contributed by atoms with Gasteiger partial charge in [-0.15, -0.1) is 0 Å². The van der Waals surface area contributed by atoms with Crippen molar-refractivity contribution < 1.29 is 4.74 Å². The molecule has 0 amide bonds. The number of benzene rings is 1. The maximum Gasteiger partial charge on any atom is 0.119 e. The summed E-state index contributed by atoms with van der Waals surface area (Å²) >= 11 is 0. The summed E-state index contributed by atoms with van der Waals surface area (Å²) in [6.07, 6.45) is 3.26. The number of methoxy groups -OCH3 is 1. The lowest BCUT2D eigenvalue weighted by Gasteiger charge is -2.28. The molecule has 0 aliphatic heterocycles. The highest BCUT2D eigenvalue weighted by Gasteiger charge is 2.22. The molecule has 1 aromatic carbocycles. The minimum Gasteiger partial charge on any atom is -0.497 e. The van der Waals surface area contributed by atoms with Gasteiger partial charge in [-0.05, 0) is 56.4 Å². The van der Waals surface area contributed by atoms with Gasteiger partial charge in [0.05, 0.1) is 18.6 Å². The number of nitrogens with one attached hydrogen (secondary N) is 1. The second kappa shape index (κ2) is 5.63. The van der Waals surface area contributed by atoms with Gasteiger partial charge in [-0.1, -0.05) is 6.07 Å². The molecule has 19 heavy (non-hydrogen) atoms. The molecule has 0 saturated carbocycles. The Hall–Kier alpha value is -1.53. The monoisotopic (exact) mass is 258 g/mol. The molecule has 0 radical (unpaired) electrons. The molecule has 1 N–H and O–H groups in total. The maximum absolute atomic E-state index is 9.04. The molecule has 0 heterocycles. The first-order chi connectivity index (χ1) is 9.04. The van der Waals surface area contributed by atoms with Crippen molar-refractivity contribution in [1.29, 1.82) is 5.26 Å². The summed E-state index contributed by atoms with van der Waals surface area (Å²) in [5, 5.41) is 12.6. The van der Waals surface area contributed by atoms with E-state index < -0.39 is 0 Å². The minimum absolute atomic E-state index is 0.297. The molecule has 1 aliphatic carbocycles. The summed E-state index contributed by atoms with van der Waals surface area (Å²) in [6.45, 7) is 4.69. The van der Waals surface area contributed by atoms with E-state index in [4.69, 9.17) is 10.00 Å². The molecular weight excluding hydrogens is 236 g/mol. The van der Waals surface area contributed by atoms with Crippen molar-refractivity contribution in [2.75, 3.05) is 13.7 Å². The van der Waals surface area contributed by atoms with Crippen LogP contribution in [-0.4, -0.2) is 19.7 Å². The Morgan fingerprint density at radius 2 is 2.21 bits per heavy atom. The standard InChI is InChI=1S/C16H22N2O/c1-16(2,10-17)11-18-14-6-4-12-5-7-15(19-3)9-13(12)8-14/h5,7,9,14,18H,4,6,8,11H2,1-3H3. The van der Waals surface area contributed by atoms with Crippen molar-refractivity contribution in [3.05, 3.63) is 29.3 Å². The first-order valence-corrected chi connectivity index (χ1v) is 6.84. The highest BCUT2D eigenvalue weighted by atomic mass is 16.5. The smallest absolute Gasteiger partial charge is 0.119 e. The van der Waals surface area contributed by atoms with E-state index in [9.17, 15) is 0 Å². The average Bonchev–Trinajstić information content (AvgIpc) is 2.44. The highest BCUT2D eigenvalue weighted by molar-refractivity contribution is 5.37. The number of rotatable bonds is 4. The van der Waals surface area contributed by atoms with Gasteiger partial charge in [0.2, 0.25) is 0 Å². The first-order valence-electron chi connectivity index (χ1n) is 6.84. The highest BCUT2D eigenvalue weighted by Crippen LogP contribution is 2.26. The number of hydrogen-bond acceptors (Lipinski definition) is 3. The molecular formula is C16H22N2O. The zero-order valence-electron chi connectivity index (χ0n) is 12.0. The normalized spacial score (nSPS) is 18.5. The number of ether oxygens (including phenoxy) is 1. The van der Waals surface area contributed by atoms with Crippen LogP contribution in [-0.2, 0) is 12.8 Å². The number of fused-ring (bicyclic) bond motifs is 1. The van der Waals surface area contributed by atoms with Crippen molar-refractivity contribution in [3.8, 4) is 11.8 Å². The number of hydrogen-bond donors (Lipinski definition) is 1. The molecule has 0 fully saturated rings. The van der Waals surface area contributed by atoms with Gasteiger partial charge >= 0.3 is 0 Å². The summed E-state index contributed by atoms with van der Waals surface area (Å²) in [4.78, 5) is 0. The average molecular weight is 258 g/mol. The van der Waals surface area contributed by atoms with Gasteiger partial charge in [-0.25, -0.2) is 0 Å². The largest absolute Gasteiger partial charge is 0.497 e. The van der Waals surface area contributed by atoms with Gasteiger partial charge in [0.15, 0.2) is 0 Å². The minimum atomic E-state index is -0.297. The Morgan fingerprint density at radius 1 is 1.42 bits per heavy atom. The van der Waals surface area contributed by atoms with E-state index in [1.807, 2.05) is 19.9 Å². The van der Waals surface area contributed by atoms with E-state index in [-0.39, 0.29) is 5.41 Å². The summed E-state index contributed by atoms with van der Waals surface area (Å²) in [6, 6.07) is 9.14. The molecule has 0 saturated heterocycles. The molecule has 0 spiro atoms. The zero-order chi connectivity index (χ0) is 13.9. The summed E-state index contributed by atoms with van der Waals surface area (Å²) < 4.78 is 5.28. The van der Waals surface area contributed by atoms with Gasteiger partial charge in [-0.3, -0.25) is 0 Å². The van der Waals surface area contributed by atoms with Gasteiger partial charge in [0.25, 0.3) is 0 Å². The molecule has 2 rings (SSSR count). The van der Waals surface area contributed by atoms with Crippen molar-refractivity contribution in [2.45, 2.75) is 39.2 Å². The van der Waals surface area contributed by atoms with E-state index in [0.717, 1.165) is 31.6 Å². The molecule has 0 bridgehead atoms. The van der Waals surface area contributed by atoms with Crippen LogP contribution < -0.4 is 10.1 Å². The SMILES string of the molecule is COc1ccc2c(c1)CC(NCC(C)(C)C#N)CC2. The molecule has 3 heteroatoms. The third-order valence-electron chi connectivity index (χ3n) is 3.78. The quantitative estimate of drug-likeness (QED) is 0.903. The Labute approximate surface area is 115 Å². The Kier molecular flexibility index (Phi) is 4.11. The van der Waals surface area contributed by atoms with E-state index in [2.05, 4.69) is 23.5 Å². The fourth-order valence-corrected chi connectivity index (χ4v) is 2.47. The van der Waals surface area contributed by atoms with Crippen LogP contribution in [0.3, 0.4) is 0 Å². The number of nitrogens with zero attached hydrogens (tertiary/aromatic N) is 1. The topological polar surface area (TPSA) is 45.0 Å². The maximum atomic E-state index is 9.04. The van der Waals surface area contributed by atoms with Crippen molar-refractivity contribution >= 4 is 0 Å². The van der Waals surface area contributed by atoms with Crippen LogP contribution in [0.4, 0.5) is 0 Å². The zero-order valence-corrected chi connectivity index (χ0v) is 12.0. The van der Waals surface area contributed by atoms with Crippen molar-refractivity contribution in [3.63, 3.8) is 0 Å². The van der Waals surface area contributed by atoms with Gasteiger partial charge in [0.1, 0.15) is 5.75 Å². The number of aryl methyl sites for hydroxylation is 1. The fraction of sp³-hybridized carbons (Fsp3) is 0.562. The molecule has 1 unspecified atom stereocenters. The summed E-state index contributed by atoms with van der Waals surface area (Å²) in [5.74, 6) is 0.928. The second-order valence-electron chi connectivity index (χ2n) is 5.95. The van der Waals surface area contributed by atoms with Crippen molar-refractivity contribution in [1.82, 2.24) is 5.32 Å². The Bertz CT molecular complexity index is 488. The lowest BCUT2D eigenvalue weighted by molar-refractivity contribution is 0.375. The third-order valence-corrected chi connectivity index (χ3v) is 3.78. The second-order valence-corrected chi connectivity index (χ2v) is 5.95. The van der Waals surface area contributed by atoms with Crippen LogP contribution in [0.1, 0.15) is 31.4 Å². The predicted molar refractivity (Wildman–Crippen MR) is 76.2 cm³/mol. The summed E-state index contributed by atoms with van der Waals surface area (Å²) in [5.41, 5.74) is 2.51. The van der Waals surface area contributed by atoms with Crippen LogP contribution in [0.25, 0.3) is 0 Å². The van der Waals surface area contributed by atoms with Gasteiger partial charge in [-0.2, -0.15) is 5.26 Å². The first kappa shape index (κ1) is 13.9. The lowest BCUT2D eigenvalue weighted by atomic mass is 9.87. The molecule has 1 atom stereocenters. The Morgan fingerprint density at radius 3 is 2.89 bits per heavy atom. The van der Waals surface area contributed by atoms with Crippen molar-refractivity contribution in [2.24, 2.45) is 5.41 Å².